The zero-order valence-electron chi connectivity index (χ0n) is 43.0. The van der Waals surface area contributed by atoms with Gasteiger partial charge < -0.3 is 33.7 Å². The quantitative estimate of drug-likeness (QED) is 0.0783. The van der Waals surface area contributed by atoms with Crippen molar-refractivity contribution in [1.82, 2.24) is 5.32 Å². The number of anilines is 1. The molecule has 8 atom stereocenters. The van der Waals surface area contributed by atoms with Crippen LogP contribution in [0.5, 0.6) is 23.0 Å². The number of terminal acetylenes is 2. The van der Waals surface area contributed by atoms with Crippen molar-refractivity contribution in [3.63, 3.8) is 0 Å². The summed E-state index contributed by atoms with van der Waals surface area (Å²) in [6, 6.07) is 32.0. The van der Waals surface area contributed by atoms with Crippen molar-refractivity contribution in [2.45, 2.75) is 96.1 Å². The Bertz CT molecular complexity index is 3530. The molecule has 4 fully saturated rings. The molecular weight excluding hydrogens is 953 g/mol. The maximum absolute atomic E-state index is 14.5. The van der Waals surface area contributed by atoms with E-state index in [4.69, 9.17) is 41.3 Å². The van der Waals surface area contributed by atoms with Gasteiger partial charge in [0.2, 0.25) is 11.8 Å². The van der Waals surface area contributed by atoms with Crippen LogP contribution in [0.1, 0.15) is 87.1 Å². The van der Waals surface area contributed by atoms with Crippen LogP contribution in [0.3, 0.4) is 0 Å². The van der Waals surface area contributed by atoms with Crippen LogP contribution in [-0.4, -0.2) is 55.4 Å². The van der Waals surface area contributed by atoms with Crippen molar-refractivity contribution in [2.24, 2.45) is 17.8 Å². The Morgan fingerprint density at radius 2 is 1.53 bits per heavy atom. The van der Waals surface area contributed by atoms with E-state index in [0.717, 1.165) is 53.1 Å². The number of carbonyl (C=O) groups excluding carboxylic acids is 3. The Morgan fingerprint density at radius 3 is 2.28 bits per heavy atom. The Balaban J connectivity index is 0.801. The number of nitrogens with one attached hydrogen (secondary N) is 1. The number of carbonyl (C=O) groups is 3. The zero-order valence-corrected chi connectivity index (χ0v) is 43.0. The molecule has 0 bridgehead atoms. The maximum atomic E-state index is 14.5. The van der Waals surface area contributed by atoms with E-state index >= 15 is 0 Å². The van der Waals surface area contributed by atoms with Gasteiger partial charge in [0, 0.05) is 27.6 Å². The van der Waals surface area contributed by atoms with Crippen LogP contribution in [0.15, 0.2) is 144 Å². The summed E-state index contributed by atoms with van der Waals surface area (Å²) in [5.41, 5.74) is 9.10. The SMILES string of the molecule is C#CCOc1ccc(/C(=C\C)NC(=O)/C(C)=C/C2=C(C)Oc3ccc(C4(C5CCC6OC7CC8C(=O)N(c9cccc%10cc(OCC#C)ccc9%10)C(=O)C8CC7OC6C5)C5=C(CC=C5)c5ccccc54)cc3O2)c(C)c1. The summed E-state index contributed by atoms with van der Waals surface area (Å²) in [5.74, 6) is 6.81. The van der Waals surface area contributed by atoms with E-state index in [2.05, 4.69) is 65.7 Å². The first-order chi connectivity index (χ1) is 37.0. The molecule has 2 saturated heterocycles. The van der Waals surface area contributed by atoms with Crippen molar-refractivity contribution >= 4 is 45.5 Å². The van der Waals surface area contributed by atoms with Gasteiger partial charge in [-0.2, -0.15) is 0 Å². The van der Waals surface area contributed by atoms with E-state index in [0.29, 0.717) is 64.3 Å². The van der Waals surface area contributed by atoms with Gasteiger partial charge in [0.1, 0.15) is 30.5 Å². The van der Waals surface area contributed by atoms with E-state index in [1.807, 2.05) is 87.5 Å². The summed E-state index contributed by atoms with van der Waals surface area (Å²) < 4.78 is 38.7. The molecule has 8 unspecified atom stereocenters. The highest BCUT2D eigenvalue weighted by atomic mass is 16.6. The summed E-state index contributed by atoms with van der Waals surface area (Å²) in [4.78, 5) is 44.0. The molecule has 0 aromatic heterocycles. The molecule has 3 aliphatic heterocycles. The minimum Gasteiger partial charge on any atom is -0.481 e. The van der Waals surface area contributed by atoms with E-state index < -0.39 is 17.3 Å². The van der Waals surface area contributed by atoms with Gasteiger partial charge in [0.25, 0.3) is 5.91 Å². The molecule has 5 aromatic rings. The Morgan fingerprint density at radius 1 is 0.803 bits per heavy atom. The van der Waals surface area contributed by atoms with Crippen LogP contribution >= 0.6 is 0 Å². The van der Waals surface area contributed by atoms with E-state index in [-0.39, 0.29) is 61.3 Å². The molecule has 76 heavy (non-hydrogen) atoms. The van der Waals surface area contributed by atoms with Gasteiger partial charge in [-0.3, -0.25) is 14.4 Å². The lowest BCUT2D eigenvalue weighted by Gasteiger charge is -2.52. The standard InChI is InChI=1S/C65H58N2O9/c1-7-28-71-43-22-24-45(37(4)30-43)53(9-3)66-62(68)38(5)31-57-39(6)73-55-26-20-41(33-58(55)75-57)65(51-17-11-10-15-47(51)48-16-13-18-52(48)65)42-21-27-56-59(34-42)76-61-36-50-49(35-60(61)74-56)63(69)67(64(50)70)54-19-12-14-40-32-44(72-29-8-2)23-25-46(40)54/h1-2,9-15,17-20,22-26,30-33,42,49-50,56,59-61H,16,21,27-29,34-36H2,3-6H3,(H,66,68)/b38-31+,53-9+. The number of hydrogen-bond donors (Lipinski definition) is 1. The molecule has 1 N–H and O–H groups in total. The molecule has 7 aliphatic rings. The molecule has 0 radical (unpaired) electrons. The highest BCUT2D eigenvalue weighted by Crippen LogP contribution is 2.62. The van der Waals surface area contributed by atoms with E-state index in [9.17, 15) is 14.4 Å². The highest BCUT2D eigenvalue weighted by molar-refractivity contribution is 6.25. The molecule has 11 nitrogen and oxygen atoms in total. The van der Waals surface area contributed by atoms with Gasteiger partial charge in [0.15, 0.2) is 17.3 Å². The number of aryl methyl sites for hydroxylation is 1. The minimum absolute atomic E-state index is 0.0944. The van der Waals surface area contributed by atoms with Gasteiger partial charge in [-0.15, -0.1) is 12.8 Å². The lowest BCUT2D eigenvalue weighted by molar-refractivity contribution is -0.252. The second kappa shape index (κ2) is 19.6. The summed E-state index contributed by atoms with van der Waals surface area (Å²) in [6.45, 7) is 7.75. The van der Waals surface area contributed by atoms with Crippen LogP contribution in [0.25, 0.3) is 22.0 Å². The van der Waals surface area contributed by atoms with Gasteiger partial charge in [-0.25, -0.2) is 4.90 Å². The van der Waals surface area contributed by atoms with Crippen molar-refractivity contribution in [3.05, 3.63) is 172 Å². The Hall–Kier alpha value is -8.09. The number of allylic oxidation sites excluding steroid dienone is 7. The van der Waals surface area contributed by atoms with Crippen LogP contribution < -0.4 is 29.2 Å². The lowest BCUT2D eigenvalue weighted by atomic mass is 9.58. The number of benzene rings is 5. The highest BCUT2D eigenvalue weighted by Gasteiger charge is 2.59. The van der Waals surface area contributed by atoms with Gasteiger partial charge in [-0.05, 0) is 172 Å². The number of ether oxygens (including phenoxy) is 6. The van der Waals surface area contributed by atoms with Gasteiger partial charge in [-0.1, -0.05) is 72.5 Å². The summed E-state index contributed by atoms with van der Waals surface area (Å²) in [7, 11) is 0. The fourth-order valence-corrected chi connectivity index (χ4v) is 13.3. The second-order valence-corrected chi connectivity index (χ2v) is 20.9. The third-order valence-corrected chi connectivity index (χ3v) is 16.7. The molecule has 3 heterocycles. The van der Waals surface area contributed by atoms with Crippen molar-refractivity contribution in [3.8, 4) is 47.7 Å². The molecule has 4 aliphatic carbocycles. The number of fused-ring (bicyclic) bond motifs is 7. The van der Waals surface area contributed by atoms with Crippen LogP contribution in [0.2, 0.25) is 0 Å². The molecular formula is C65H58N2O9. The predicted octanol–water partition coefficient (Wildman–Crippen LogP) is 11.2. The maximum Gasteiger partial charge on any atom is 0.251 e. The lowest BCUT2D eigenvalue weighted by Crippen LogP contribution is -2.56. The smallest absolute Gasteiger partial charge is 0.251 e. The number of amides is 3. The van der Waals surface area contributed by atoms with Crippen molar-refractivity contribution in [1.29, 1.82) is 0 Å². The number of hydrogen-bond acceptors (Lipinski definition) is 9. The molecule has 12 rings (SSSR count). The first kappa shape index (κ1) is 48.8. The van der Waals surface area contributed by atoms with Crippen LogP contribution in [-0.2, 0) is 29.3 Å². The van der Waals surface area contributed by atoms with Crippen LogP contribution in [0, 0.1) is 49.4 Å². The fourth-order valence-electron chi connectivity index (χ4n) is 13.3. The zero-order chi connectivity index (χ0) is 52.4. The topological polar surface area (TPSA) is 122 Å². The normalized spacial score (nSPS) is 26.3. The summed E-state index contributed by atoms with van der Waals surface area (Å²) >= 11 is 0. The number of rotatable bonds is 11. The van der Waals surface area contributed by atoms with Gasteiger partial charge >= 0.3 is 0 Å². The molecule has 11 heteroatoms. The van der Waals surface area contributed by atoms with Gasteiger partial charge in [0.05, 0.1) is 41.9 Å². The predicted molar refractivity (Wildman–Crippen MR) is 291 cm³/mol. The average molecular weight is 1010 g/mol. The molecule has 5 aromatic carbocycles. The third kappa shape index (κ3) is 8.12. The van der Waals surface area contributed by atoms with E-state index in [1.165, 1.54) is 27.2 Å². The molecule has 2 saturated carbocycles. The summed E-state index contributed by atoms with van der Waals surface area (Å²) in [6.07, 6.45) is 22.0. The largest absolute Gasteiger partial charge is 0.481 e. The van der Waals surface area contributed by atoms with Crippen LogP contribution in [0.4, 0.5) is 5.69 Å². The Labute approximate surface area is 443 Å². The molecule has 382 valence electrons. The summed E-state index contributed by atoms with van der Waals surface area (Å²) in [5, 5.41) is 4.72. The van der Waals surface area contributed by atoms with Crippen molar-refractivity contribution < 1.29 is 42.8 Å². The third-order valence-electron chi connectivity index (χ3n) is 16.7. The second-order valence-electron chi connectivity index (χ2n) is 20.9. The number of imide groups is 1. The molecule has 0 spiro atoms. The fraction of sp³-hybridized carbons (Fsp3) is 0.308. The average Bonchev–Trinajstić information content (AvgIpc) is 4.17. The first-order valence-electron chi connectivity index (χ1n) is 26.3. The monoisotopic (exact) mass is 1010 g/mol. The molecule has 3 amide bonds. The Kier molecular flexibility index (Phi) is 12.6. The van der Waals surface area contributed by atoms with E-state index in [1.54, 1.807) is 13.0 Å². The van der Waals surface area contributed by atoms with Crippen molar-refractivity contribution in [2.75, 3.05) is 18.1 Å². The minimum atomic E-state index is -0.560. The number of nitrogens with zero attached hydrogens (tertiary/aromatic N) is 1. The first-order valence-corrected chi connectivity index (χ1v) is 26.3.